The van der Waals surface area contributed by atoms with Gasteiger partial charge < -0.3 is 29.8 Å². The van der Waals surface area contributed by atoms with Crippen LogP contribution in [0.1, 0.15) is 11.4 Å². The van der Waals surface area contributed by atoms with Crippen molar-refractivity contribution < 1.29 is 52.3 Å². The molecule has 6 aromatic rings. The van der Waals surface area contributed by atoms with E-state index in [9.17, 15) is 0 Å². The monoisotopic (exact) mass is 1020 g/mol. The fourth-order valence-corrected chi connectivity index (χ4v) is 5.04. The van der Waals surface area contributed by atoms with Crippen LogP contribution < -0.4 is 19.6 Å². The Kier molecular flexibility index (Phi) is 15.5. The summed E-state index contributed by atoms with van der Waals surface area (Å²) in [4.78, 5) is 16.0. The van der Waals surface area contributed by atoms with Crippen molar-refractivity contribution in [1.29, 1.82) is 0 Å². The van der Waals surface area contributed by atoms with Crippen LogP contribution >= 0.6 is 0 Å². The number of rotatable bonds is 2. The molecule has 2 aliphatic rings. The molecule has 260 valence electrons. The Labute approximate surface area is 324 Å². The van der Waals surface area contributed by atoms with Gasteiger partial charge in [0.2, 0.25) is 11.8 Å². The SMILES string of the molecule is CN1[CH-]N(c2[c-]cccc2)c2ccccc21.CN1[CH-]N(c2[c-]cccc2)c2ccccc21.Cc1cccc(O)n1.Cc1cccc(O)n1.[Pt+2].[Pt+2]. The molecule has 8 nitrogen and oxygen atoms in total. The van der Waals surface area contributed by atoms with Crippen LogP contribution in [0, 0.1) is 39.3 Å². The molecule has 2 aliphatic heterocycles. The maximum Gasteiger partial charge on any atom is 2.00 e. The topological polar surface area (TPSA) is 79.2 Å². The Balaban J connectivity index is 0.000000187. The molecule has 4 aromatic carbocycles. The van der Waals surface area contributed by atoms with Crippen molar-refractivity contribution in [3.63, 3.8) is 0 Å². The van der Waals surface area contributed by atoms with Crippen molar-refractivity contribution >= 4 is 34.1 Å². The standard InChI is InChI=1S/2C14H12N2.2C6H7NO.2Pt/c2*1-15-11-16(12-7-3-2-4-8-12)14-10-6-5-9-13(14)15;2*1-5-3-2-4-6(8)7-5;;/h2*2-7,9-11H,1H3;2*2-4H,1H3,(H,7,8);;/q2*-2;;;2*+2. The molecule has 0 saturated heterocycles. The van der Waals surface area contributed by atoms with E-state index >= 15 is 0 Å². The number of anilines is 6. The van der Waals surface area contributed by atoms with E-state index in [1.165, 1.54) is 22.7 Å². The molecule has 0 bridgehead atoms. The molecule has 0 aliphatic carbocycles. The molecular weight excluding hydrogens is 987 g/mol. The van der Waals surface area contributed by atoms with Gasteiger partial charge in [-0.3, -0.25) is 0 Å². The Hall–Kier alpha value is -4.64. The first-order chi connectivity index (χ1) is 23.3. The maximum atomic E-state index is 8.70. The summed E-state index contributed by atoms with van der Waals surface area (Å²) in [7, 11) is 4.11. The van der Waals surface area contributed by atoms with Gasteiger partial charge in [0.1, 0.15) is 0 Å². The van der Waals surface area contributed by atoms with E-state index < -0.39 is 0 Å². The van der Waals surface area contributed by atoms with Crippen molar-refractivity contribution in [3.8, 4) is 11.8 Å². The number of hydrogen-bond acceptors (Lipinski definition) is 8. The average molecular weight is 1020 g/mol. The number of aromatic nitrogens is 2. The second-order valence-electron chi connectivity index (χ2n) is 10.9. The third-order valence-electron chi connectivity index (χ3n) is 7.27. The van der Waals surface area contributed by atoms with Crippen molar-refractivity contribution in [2.75, 3.05) is 33.7 Å². The van der Waals surface area contributed by atoms with E-state index in [1.807, 2.05) is 62.4 Å². The molecule has 10 heteroatoms. The fraction of sp³-hybridized carbons (Fsp3) is 0.100. The van der Waals surface area contributed by atoms with Gasteiger partial charge in [-0.1, -0.05) is 36.4 Å². The van der Waals surface area contributed by atoms with Crippen LogP contribution in [0.2, 0.25) is 0 Å². The van der Waals surface area contributed by atoms with Gasteiger partial charge >= 0.3 is 42.1 Å². The molecule has 2 N–H and O–H groups in total. The van der Waals surface area contributed by atoms with E-state index in [0.29, 0.717) is 0 Å². The fourth-order valence-electron chi connectivity index (χ4n) is 5.04. The molecule has 0 radical (unpaired) electrons. The first-order valence-electron chi connectivity index (χ1n) is 15.4. The normalized spacial score (nSPS) is 11.9. The molecular formula is C40H38N6O2Pt2. The van der Waals surface area contributed by atoms with Crippen LogP contribution in [0.4, 0.5) is 34.1 Å². The maximum absolute atomic E-state index is 8.70. The van der Waals surface area contributed by atoms with Crippen LogP contribution in [0.5, 0.6) is 11.8 Å². The Bertz CT molecular complexity index is 1730. The minimum Gasteiger partial charge on any atom is -0.504 e. The van der Waals surface area contributed by atoms with Crippen molar-refractivity contribution in [2.24, 2.45) is 0 Å². The van der Waals surface area contributed by atoms with Crippen molar-refractivity contribution in [2.45, 2.75) is 13.8 Å². The number of aryl methyl sites for hydroxylation is 2. The molecule has 2 aromatic heterocycles. The largest absolute Gasteiger partial charge is 2.00 e. The number of hydrogen-bond donors (Lipinski definition) is 2. The Morgan fingerprint density at radius 3 is 1.14 bits per heavy atom. The molecule has 0 atom stereocenters. The Morgan fingerprint density at radius 2 is 0.840 bits per heavy atom. The first-order valence-corrected chi connectivity index (χ1v) is 15.4. The van der Waals surface area contributed by atoms with Crippen molar-refractivity contribution in [1.82, 2.24) is 9.97 Å². The zero-order valence-corrected chi connectivity index (χ0v) is 32.6. The van der Waals surface area contributed by atoms with E-state index in [-0.39, 0.29) is 53.9 Å². The van der Waals surface area contributed by atoms with Gasteiger partial charge in [0.05, 0.1) is 0 Å². The van der Waals surface area contributed by atoms with Gasteiger partial charge in [0, 0.05) is 46.3 Å². The number of benzene rings is 4. The molecule has 4 heterocycles. The zero-order chi connectivity index (χ0) is 33.9. The number of pyridine rings is 2. The summed E-state index contributed by atoms with van der Waals surface area (Å²) in [5, 5.41) is 17.4. The number of para-hydroxylation sites is 6. The average Bonchev–Trinajstić information content (AvgIpc) is 3.63. The predicted octanol–water partition coefficient (Wildman–Crippen LogP) is 8.57. The number of aromatic hydroxyl groups is 2. The summed E-state index contributed by atoms with van der Waals surface area (Å²) < 4.78 is 0. The summed E-state index contributed by atoms with van der Waals surface area (Å²) in [6, 6.07) is 49.5. The summed E-state index contributed by atoms with van der Waals surface area (Å²) in [5.41, 5.74) is 8.66. The van der Waals surface area contributed by atoms with Gasteiger partial charge in [0.15, 0.2) is 0 Å². The van der Waals surface area contributed by atoms with Crippen LogP contribution in [0.15, 0.2) is 133 Å². The third kappa shape index (κ3) is 10.7. The third-order valence-corrected chi connectivity index (χ3v) is 7.27. The summed E-state index contributed by atoms with van der Waals surface area (Å²) in [6.45, 7) is 7.83. The quantitative estimate of drug-likeness (QED) is 0.167. The summed E-state index contributed by atoms with van der Waals surface area (Å²) >= 11 is 0. The summed E-state index contributed by atoms with van der Waals surface area (Å²) in [6.07, 6.45) is 0. The molecule has 50 heavy (non-hydrogen) atoms. The molecule has 0 fully saturated rings. The Morgan fingerprint density at radius 1 is 0.480 bits per heavy atom. The first kappa shape index (κ1) is 39.8. The van der Waals surface area contributed by atoms with E-state index in [0.717, 1.165) is 22.8 Å². The number of nitrogens with zero attached hydrogens (tertiary/aromatic N) is 6. The van der Waals surface area contributed by atoms with E-state index in [2.05, 4.69) is 130 Å². The molecule has 8 rings (SSSR count). The van der Waals surface area contributed by atoms with Crippen LogP contribution in [-0.4, -0.2) is 34.3 Å². The smallest absolute Gasteiger partial charge is 0.504 e. The van der Waals surface area contributed by atoms with Gasteiger partial charge in [-0.15, -0.1) is 11.4 Å². The summed E-state index contributed by atoms with van der Waals surface area (Å²) in [5.74, 6) is 0.176. The van der Waals surface area contributed by atoms with Crippen molar-refractivity contribution in [3.05, 3.63) is 170 Å². The van der Waals surface area contributed by atoms with Crippen LogP contribution in [-0.2, 0) is 42.1 Å². The molecule has 0 spiro atoms. The minimum atomic E-state index is 0. The van der Waals surface area contributed by atoms with E-state index in [1.54, 1.807) is 24.3 Å². The second-order valence-corrected chi connectivity index (χ2v) is 10.9. The van der Waals surface area contributed by atoms with Crippen LogP contribution in [0.3, 0.4) is 0 Å². The number of fused-ring (bicyclic) bond motifs is 2. The van der Waals surface area contributed by atoms with Gasteiger partial charge in [0.25, 0.3) is 0 Å². The van der Waals surface area contributed by atoms with Crippen LogP contribution in [0.25, 0.3) is 0 Å². The van der Waals surface area contributed by atoms with E-state index in [4.69, 9.17) is 10.2 Å². The molecule has 0 saturated carbocycles. The second kappa shape index (κ2) is 19.5. The molecule has 0 unspecified atom stereocenters. The van der Waals surface area contributed by atoms with Gasteiger partial charge in [-0.2, -0.15) is 74.0 Å². The predicted molar refractivity (Wildman–Crippen MR) is 194 cm³/mol. The van der Waals surface area contributed by atoms with Gasteiger partial charge in [-0.25, -0.2) is 9.97 Å². The zero-order valence-electron chi connectivity index (χ0n) is 28.1. The minimum absolute atomic E-state index is 0. The molecule has 0 amide bonds. The van der Waals surface area contributed by atoms with Gasteiger partial charge in [-0.05, 0) is 64.3 Å².